The van der Waals surface area contributed by atoms with Crippen molar-refractivity contribution in [3.05, 3.63) is 72.1 Å². The van der Waals surface area contributed by atoms with E-state index >= 15 is 0 Å². The van der Waals surface area contributed by atoms with E-state index in [4.69, 9.17) is 0 Å². The zero-order valence-electron chi connectivity index (χ0n) is 24.9. The van der Waals surface area contributed by atoms with E-state index in [1.165, 1.54) is 34.0 Å². The number of carbonyl (C=O) groups excluding carboxylic acids is 1. The molecule has 0 radical (unpaired) electrons. The minimum Gasteiger partial charge on any atom is -0.481 e. The molecule has 16 heteroatoms. The van der Waals surface area contributed by atoms with Crippen LogP contribution in [0, 0.1) is 11.8 Å². The van der Waals surface area contributed by atoms with Crippen LogP contribution in [0.3, 0.4) is 0 Å². The number of hydrogen-bond acceptors (Lipinski definition) is 5. The molecule has 1 aliphatic heterocycles. The summed E-state index contributed by atoms with van der Waals surface area (Å²) >= 11 is 0. The number of rotatable bonds is 7. The highest BCUT2D eigenvalue weighted by atomic mass is 32.2. The van der Waals surface area contributed by atoms with Gasteiger partial charge in [-0.1, -0.05) is 36.4 Å². The van der Waals surface area contributed by atoms with Gasteiger partial charge in [-0.2, -0.15) is 31.4 Å². The van der Waals surface area contributed by atoms with Crippen LogP contribution in [-0.2, 0) is 36.9 Å². The van der Waals surface area contributed by atoms with Crippen molar-refractivity contribution in [2.45, 2.75) is 59.8 Å². The summed E-state index contributed by atoms with van der Waals surface area (Å²) in [6.45, 7) is -0.595. The van der Waals surface area contributed by atoms with Crippen LogP contribution >= 0.6 is 0 Å². The number of carbonyl (C=O) groups is 2. The van der Waals surface area contributed by atoms with Gasteiger partial charge in [-0.15, -0.1) is 0 Å². The van der Waals surface area contributed by atoms with E-state index < -0.39 is 68.4 Å². The molecule has 3 aromatic rings. The molecule has 8 nitrogen and oxygen atoms in total. The Bertz CT molecular complexity index is 1750. The highest BCUT2D eigenvalue weighted by molar-refractivity contribution is 7.92. The SMILES string of the molecule is Cn1cc(-c2cccc(S(=O)(=O)C3(c4ccc(C(F)(C(F)(F)F)C(F)(F)F)cc4)CCN(C(=O)[C@H]4CC[C@H](C(=O)O)CC4)C3)c2)cn1. The molecule has 2 fully saturated rings. The Morgan fingerprint density at radius 1 is 0.894 bits per heavy atom. The van der Waals surface area contributed by atoms with Crippen LogP contribution in [-0.4, -0.2) is 65.5 Å². The molecule has 2 heterocycles. The highest BCUT2D eigenvalue weighted by Gasteiger charge is 2.73. The standard InChI is InChI=1S/C31H30F7N3O5S/c1-40-17-22(16-39-40)21-3-2-4-25(15-21)47(45,46)28(13-14-41(18-28)26(42)19-5-7-20(8-6-19)27(43)44)23-9-11-24(12-10-23)29(32,30(33,34)35)31(36,37)38/h2-4,9-12,15-17,19-20H,5-8,13-14,18H2,1H3,(H,43,44)/t19-,20-,28?. The molecule has 1 amide bonds. The first-order chi connectivity index (χ1) is 21.8. The minimum absolute atomic E-state index is 0.112. The van der Waals surface area contributed by atoms with Crippen molar-refractivity contribution in [2.75, 3.05) is 13.1 Å². The van der Waals surface area contributed by atoms with E-state index in [-0.39, 0.29) is 61.2 Å². The zero-order chi connectivity index (χ0) is 34.6. The van der Waals surface area contributed by atoms with Crippen molar-refractivity contribution in [1.82, 2.24) is 14.7 Å². The molecule has 2 aromatic carbocycles. The smallest absolute Gasteiger partial charge is 0.435 e. The van der Waals surface area contributed by atoms with Crippen LogP contribution in [0.2, 0.25) is 0 Å². The molecule has 1 unspecified atom stereocenters. The van der Waals surface area contributed by atoms with Crippen LogP contribution in [0.15, 0.2) is 65.8 Å². The molecule has 1 aliphatic carbocycles. The van der Waals surface area contributed by atoms with Crippen LogP contribution in [0.1, 0.15) is 43.2 Å². The van der Waals surface area contributed by atoms with Crippen molar-refractivity contribution in [2.24, 2.45) is 18.9 Å². The second kappa shape index (κ2) is 11.9. The molecular weight excluding hydrogens is 659 g/mol. The van der Waals surface area contributed by atoms with E-state index in [2.05, 4.69) is 5.10 Å². The fourth-order valence-electron chi connectivity index (χ4n) is 6.56. The van der Waals surface area contributed by atoms with Gasteiger partial charge in [0.1, 0.15) is 4.75 Å². The summed E-state index contributed by atoms with van der Waals surface area (Å²) in [5, 5.41) is 13.4. The zero-order valence-corrected chi connectivity index (χ0v) is 25.7. The van der Waals surface area contributed by atoms with Gasteiger partial charge in [0.2, 0.25) is 5.91 Å². The molecule has 47 heavy (non-hydrogen) atoms. The molecule has 0 bridgehead atoms. The lowest BCUT2D eigenvalue weighted by molar-refractivity contribution is -0.348. The van der Waals surface area contributed by atoms with Gasteiger partial charge in [-0.3, -0.25) is 14.3 Å². The normalized spacial score (nSPS) is 22.8. The third-order valence-corrected chi connectivity index (χ3v) is 11.7. The fraction of sp³-hybridized carbons (Fsp3) is 0.452. The Hall–Kier alpha value is -3.95. The van der Waals surface area contributed by atoms with Crippen LogP contribution in [0.5, 0.6) is 0 Å². The van der Waals surface area contributed by atoms with Crippen LogP contribution < -0.4 is 0 Å². The lowest BCUT2D eigenvalue weighted by Crippen LogP contribution is -2.50. The number of carboxylic acids is 1. The molecule has 254 valence electrons. The quantitative estimate of drug-likeness (QED) is 0.298. The summed E-state index contributed by atoms with van der Waals surface area (Å²) < 4.78 is 124. The van der Waals surface area contributed by atoms with E-state index in [0.717, 1.165) is 12.1 Å². The van der Waals surface area contributed by atoms with E-state index in [9.17, 15) is 53.8 Å². The number of amides is 1. The number of aryl methyl sites for hydroxylation is 1. The topological polar surface area (TPSA) is 110 Å². The van der Waals surface area contributed by atoms with Crippen molar-refractivity contribution in [3.8, 4) is 11.1 Å². The maximum atomic E-state index is 14.8. The third-order valence-electron chi connectivity index (χ3n) is 9.26. The number of nitrogens with zero attached hydrogens (tertiary/aromatic N) is 3. The van der Waals surface area contributed by atoms with E-state index in [1.807, 2.05) is 0 Å². The lowest BCUT2D eigenvalue weighted by Gasteiger charge is -2.33. The maximum absolute atomic E-state index is 14.8. The van der Waals surface area contributed by atoms with Crippen molar-refractivity contribution >= 4 is 21.7 Å². The second-order valence-electron chi connectivity index (χ2n) is 12.1. The first-order valence-corrected chi connectivity index (χ1v) is 16.1. The van der Waals surface area contributed by atoms with Crippen molar-refractivity contribution < 1.29 is 53.8 Å². The van der Waals surface area contributed by atoms with Gasteiger partial charge in [0.25, 0.3) is 0 Å². The average molecular weight is 690 g/mol. The molecule has 1 N–H and O–H groups in total. The lowest BCUT2D eigenvalue weighted by atomic mass is 9.81. The molecule has 1 saturated heterocycles. The fourth-order valence-corrected chi connectivity index (χ4v) is 8.68. The average Bonchev–Trinajstić information content (AvgIpc) is 3.67. The summed E-state index contributed by atoms with van der Waals surface area (Å²) in [6, 6.07) is 7.77. The highest BCUT2D eigenvalue weighted by Crippen LogP contribution is 2.54. The second-order valence-corrected chi connectivity index (χ2v) is 14.3. The molecule has 0 spiro atoms. The first kappa shape index (κ1) is 34.4. The number of sulfone groups is 1. The number of benzene rings is 2. The number of carboxylic acid groups (broad SMARTS) is 1. The van der Waals surface area contributed by atoms with Gasteiger partial charge in [0, 0.05) is 43.4 Å². The number of likely N-dealkylation sites (tertiary alicyclic amines) is 1. The summed E-state index contributed by atoms with van der Waals surface area (Å²) in [6.07, 6.45) is -8.85. The molecule has 1 atom stereocenters. The Balaban J connectivity index is 1.57. The first-order valence-electron chi connectivity index (χ1n) is 14.6. The third kappa shape index (κ3) is 5.89. The molecule has 2 aliphatic rings. The summed E-state index contributed by atoms with van der Waals surface area (Å²) in [5.41, 5.74) is -6.67. The van der Waals surface area contributed by atoms with Gasteiger partial charge < -0.3 is 10.0 Å². The largest absolute Gasteiger partial charge is 0.481 e. The molecule has 5 rings (SSSR count). The number of aliphatic carboxylic acids is 1. The Morgan fingerprint density at radius 3 is 2.02 bits per heavy atom. The van der Waals surface area contributed by atoms with E-state index in [0.29, 0.717) is 11.1 Å². The van der Waals surface area contributed by atoms with Gasteiger partial charge in [0.05, 0.1) is 17.0 Å². The van der Waals surface area contributed by atoms with Gasteiger partial charge in [-0.25, -0.2) is 12.8 Å². The van der Waals surface area contributed by atoms with Gasteiger partial charge in [0.15, 0.2) is 9.84 Å². The predicted molar refractivity (Wildman–Crippen MR) is 153 cm³/mol. The van der Waals surface area contributed by atoms with Crippen molar-refractivity contribution in [3.63, 3.8) is 0 Å². The number of halogens is 7. The Morgan fingerprint density at radius 2 is 1.49 bits per heavy atom. The predicted octanol–water partition coefficient (Wildman–Crippen LogP) is 6.17. The van der Waals surface area contributed by atoms with Crippen LogP contribution in [0.25, 0.3) is 11.1 Å². The molecular formula is C31H30F7N3O5S. The molecule has 1 saturated carbocycles. The minimum atomic E-state index is -6.36. The van der Waals surface area contributed by atoms with Crippen molar-refractivity contribution in [1.29, 1.82) is 0 Å². The summed E-state index contributed by atoms with van der Waals surface area (Å²) in [5.74, 6) is -2.61. The van der Waals surface area contributed by atoms with E-state index in [1.54, 1.807) is 19.3 Å². The maximum Gasteiger partial charge on any atom is 0.435 e. The summed E-state index contributed by atoms with van der Waals surface area (Å²) in [7, 11) is -2.88. The van der Waals surface area contributed by atoms with Gasteiger partial charge in [-0.05, 0) is 55.4 Å². The van der Waals surface area contributed by atoms with Crippen LogP contribution in [0.4, 0.5) is 30.7 Å². The van der Waals surface area contributed by atoms with Gasteiger partial charge >= 0.3 is 24.0 Å². The number of hydrogen-bond donors (Lipinski definition) is 1. The Labute approximate surface area is 265 Å². The number of alkyl halides is 7. The summed E-state index contributed by atoms with van der Waals surface area (Å²) in [4.78, 5) is 26.0. The molecule has 1 aromatic heterocycles. The Kier molecular flexibility index (Phi) is 8.73. The number of aromatic nitrogens is 2. The monoisotopic (exact) mass is 689 g/mol.